The third-order valence-corrected chi connectivity index (χ3v) is 1.12. The first kappa shape index (κ1) is 8.76. The third kappa shape index (κ3) is 7.76. The second-order valence-corrected chi connectivity index (χ2v) is 2.73. The molecule has 0 unspecified atom stereocenters. The van der Waals surface area contributed by atoms with Gasteiger partial charge in [0.1, 0.15) is 0 Å². The largest absolute Gasteiger partial charge is 0.343 e. The number of carbonyl (C=O) groups is 1. The lowest BCUT2D eigenvalue weighted by molar-refractivity contribution is 0.259. The molecule has 0 fully saturated rings. The topological polar surface area (TPSA) is 29.1 Å². The van der Waals surface area contributed by atoms with Crippen molar-refractivity contribution >= 4 is 17.0 Å². The molecule has 0 aromatic heterocycles. The first-order valence-corrected chi connectivity index (χ1v) is 3.44. The summed E-state index contributed by atoms with van der Waals surface area (Å²) in [5.41, 5.74) is 0. The maximum Gasteiger partial charge on any atom is 0.313 e. The van der Waals surface area contributed by atoms with Crippen LogP contribution in [0.15, 0.2) is 0 Å². The SMILES string of the molecule is CC(C)CCNC(=O)Cl. The summed E-state index contributed by atoms with van der Waals surface area (Å²) < 4.78 is 0. The van der Waals surface area contributed by atoms with E-state index in [9.17, 15) is 4.79 Å². The van der Waals surface area contributed by atoms with E-state index < -0.39 is 5.37 Å². The molecule has 0 saturated heterocycles. The Hall–Kier alpha value is -0.240. The van der Waals surface area contributed by atoms with Crippen LogP contribution in [0.1, 0.15) is 20.3 Å². The zero-order chi connectivity index (χ0) is 7.28. The van der Waals surface area contributed by atoms with Crippen molar-refractivity contribution in [2.75, 3.05) is 6.54 Å². The minimum Gasteiger partial charge on any atom is -0.343 e. The molecule has 0 heterocycles. The molecule has 0 spiro atoms. The molecule has 0 aromatic carbocycles. The van der Waals surface area contributed by atoms with E-state index >= 15 is 0 Å². The predicted molar refractivity (Wildman–Crippen MR) is 38.7 cm³/mol. The van der Waals surface area contributed by atoms with Gasteiger partial charge in [-0.15, -0.1) is 0 Å². The van der Waals surface area contributed by atoms with Gasteiger partial charge in [-0.25, -0.2) is 0 Å². The van der Waals surface area contributed by atoms with E-state index in [0.717, 1.165) is 6.42 Å². The molecule has 2 nitrogen and oxygen atoms in total. The van der Waals surface area contributed by atoms with Gasteiger partial charge in [0, 0.05) is 6.54 Å². The second kappa shape index (κ2) is 4.62. The van der Waals surface area contributed by atoms with Crippen LogP contribution in [0.25, 0.3) is 0 Å². The highest BCUT2D eigenvalue weighted by molar-refractivity contribution is 6.62. The summed E-state index contributed by atoms with van der Waals surface area (Å²) >= 11 is 5.01. The van der Waals surface area contributed by atoms with Gasteiger partial charge in [0.15, 0.2) is 0 Å². The fourth-order valence-electron chi connectivity index (χ4n) is 0.459. The van der Waals surface area contributed by atoms with Crippen LogP contribution in [-0.2, 0) is 0 Å². The van der Waals surface area contributed by atoms with Gasteiger partial charge in [0.2, 0.25) is 0 Å². The summed E-state index contributed by atoms with van der Waals surface area (Å²) in [5.74, 6) is 0.619. The Labute approximate surface area is 60.6 Å². The minimum absolute atomic E-state index is 0.462. The molecule has 1 N–H and O–H groups in total. The molecule has 0 bridgehead atoms. The number of rotatable bonds is 3. The van der Waals surface area contributed by atoms with E-state index in [1.807, 2.05) is 0 Å². The number of hydrogen-bond acceptors (Lipinski definition) is 1. The van der Waals surface area contributed by atoms with Crippen LogP contribution in [0.5, 0.6) is 0 Å². The summed E-state index contributed by atoms with van der Waals surface area (Å²) in [5, 5.41) is 2.04. The van der Waals surface area contributed by atoms with Crippen LogP contribution in [-0.4, -0.2) is 11.9 Å². The Bertz CT molecular complexity index is 93.1. The Morgan fingerprint density at radius 3 is 2.56 bits per heavy atom. The molecule has 54 valence electrons. The summed E-state index contributed by atoms with van der Waals surface area (Å²) in [7, 11) is 0. The number of nitrogens with one attached hydrogen (secondary N) is 1. The van der Waals surface area contributed by atoms with Crippen molar-refractivity contribution in [1.29, 1.82) is 0 Å². The zero-order valence-corrected chi connectivity index (χ0v) is 6.53. The fraction of sp³-hybridized carbons (Fsp3) is 0.833. The van der Waals surface area contributed by atoms with E-state index in [1.165, 1.54) is 0 Å². The van der Waals surface area contributed by atoms with Gasteiger partial charge >= 0.3 is 5.37 Å². The summed E-state index contributed by atoms with van der Waals surface area (Å²) in [6.45, 7) is 4.88. The van der Waals surface area contributed by atoms with Crippen LogP contribution in [0.2, 0.25) is 0 Å². The first-order valence-electron chi connectivity index (χ1n) is 3.06. The van der Waals surface area contributed by atoms with Gasteiger partial charge in [-0.2, -0.15) is 0 Å². The highest BCUT2D eigenvalue weighted by Gasteiger charge is 1.94. The Kier molecular flexibility index (Phi) is 4.50. The van der Waals surface area contributed by atoms with Gasteiger partial charge in [0.05, 0.1) is 0 Å². The summed E-state index contributed by atoms with van der Waals surface area (Å²) in [6, 6.07) is 0. The van der Waals surface area contributed by atoms with Crippen LogP contribution in [0.3, 0.4) is 0 Å². The van der Waals surface area contributed by atoms with Gasteiger partial charge in [0.25, 0.3) is 0 Å². The molecule has 0 rings (SSSR count). The number of halogens is 1. The van der Waals surface area contributed by atoms with E-state index in [-0.39, 0.29) is 0 Å². The molecule has 9 heavy (non-hydrogen) atoms. The van der Waals surface area contributed by atoms with Crippen molar-refractivity contribution in [3.8, 4) is 0 Å². The van der Waals surface area contributed by atoms with Gasteiger partial charge < -0.3 is 5.32 Å². The lowest BCUT2D eigenvalue weighted by atomic mass is 10.1. The number of amides is 1. The monoisotopic (exact) mass is 149 g/mol. The van der Waals surface area contributed by atoms with Crippen LogP contribution in [0, 0.1) is 5.92 Å². The van der Waals surface area contributed by atoms with Gasteiger partial charge in [-0.05, 0) is 23.9 Å². The second-order valence-electron chi connectivity index (χ2n) is 2.38. The molecular weight excluding hydrogens is 138 g/mol. The molecule has 1 amide bonds. The highest BCUT2D eigenvalue weighted by atomic mass is 35.5. The van der Waals surface area contributed by atoms with Gasteiger partial charge in [-0.3, -0.25) is 4.79 Å². The zero-order valence-electron chi connectivity index (χ0n) is 5.78. The van der Waals surface area contributed by atoms with Crippen molar-refractivity contribution < 1.29 is 4.79 Å². The van der Waals surface area contributed by atoms with Crippen molar-refractivity contribution in [2.24, 2.45) is 5.92 Å². The summed E-state index contributed by atoms with van der Waals surface area (Å²) in [4.78, 5) is 10.1. The molecule has 0 aromatic rings. The average molecular weight is 150 g/mol. The maximum atomic E-state index is 10.1. The lowest BCUT2D eigenvalue weighted by Crippen LogP contribution is -2.18. The quantitative estimate of drug-likeness (QED) is 0.483. The van der Waals surface area contributed by atoms with E-state index in [0.29, 0.717) is 12.5 Å². The van der Waals surface area contributed by atoms with Crippen molar-refractivity contribution in [3.63, 3.8) is 0 Å². The Morgan fingerprint density at radius 2 is 2.22 bits per heavy atom. The van der Waals surface area contributed by atoms with Gasteiger partial charge in [-0.1, -0.05) is 13.8 Å². The number of carbonyl (C=O) groups excluding carboxylic acids is 1. The van der Waals surface area contributed by atoms with Crippen molar-refractivity contribution in [2.45, 2.75) is 20.3 Å². The maximum absolute atomic E-state index is 10.1. The highest BCUT2D eigenvalue weighted by Crippen LogP contribution is 1.96. The average Bonchev–Trinajstić information content (AvgIpc) is 1.63. The van der Waals surface area contributed by atoms with Crippen LogP contribution >= 0.6 is 11.6 Å². The predicted octanol–water partition coefficient (Wildman–Crippen LogP) is 1.98. The first-order chi connectivity index (χ1) is 4.13. The van der Waals surface area contributed by atoms with Crippen LogP contribution < -0.4 is 5.32 Å². The van der Waals surface area contributed by atoms with E-state index in [4.69, 9.17) is 11.6 Å². The standard InChI is InChI=1S/C6H12ClNO/c1-5(2)3-4-8-6(7)9/h5H,3-4H2,1-2H3,(H,8,9). The molecule has 0 aliphatic rings. The molecule has 0 atom stereocenters. The molecular formula is C6H12ClNO. The molecule has 0 saturated carbocycles. The Morgan fingerprint density at radius 1 is 1.67 bits per heavy atom. The number of hydrogen-bond donors (Lipinski definition) is 1. The smallest absolute Gasteiger partial charge is 0.313 e. The molecule has 0 aliphatic heterocycles. The van der Waals surface area contributed by atoms with Crippen molar-refractivity contribution in [3.05, 3.63) is 0 Å². The molecule has 0 radical (unpaired) electrons. The third-order valence-electron chi connectivity index (χ3n) is 0.986. The lowest BCUT2D eigenvalue weighted by Gasteiger charge is -2.02. The van der Waals surface area contributed by atoms with E-state index in [2.05, 4.69) is 19.2 Å². The summed E-state index contributed by atoms with van der Waals surface area (Å²) in [6.07, 6.45) is 0.985. The minimum atomic E-state index is -0.462. The normalized spacial score (nSPS) is 9.78. The fourth-order valence-corrected chi connectivity index (χ4v) is 0.554. The molecule has 3 heteroatoms. The van der Waals surface area contributed by atoms with E-state index in [1.54, 1.807) is 0 Å². The van der Waals surface area contributed by atoms with Crippen LogP contribution in [0.4, 0.5) is 4.79 Å². The molecule has 0 aliphatic carbocycles. The Balaban J connectivity index is 3.01. The van der Waals surface area contributed by atoms with Crippen molar-refractivity contribution in [1.82, 2.24) is 5.32 Å².